The van der Waals surface area contributed by atoms with Crippen molar-refractivity contribution in [3.63, 3.8) is 0 Å². The highest BCUT2D eigenvalue weighted by Gasteiger charge is 2.25. The van der Waals surface area contributed by atoms with E-state index in [9.17, 15) is 4.79 Å². The van der Waals surface area contributed by atoms with Gasteiger partial charge in [-0.3, -0.25) is 0 Å². The van der Waals surface area contributed by atoms with E-state index in [0.717, 1.165) is 11.4 Å². The molecule has 0 aromatic carbocycles. The molecule has 0 aliphatic heterocycles. The molecule has 0 saturated heterocycles. The van der Waals surface area contributed by atoms with Gasteiger partial charge < -0.3 is 10.5 Å². The Morgan fingerprint density at radius 2 is 2.04 bits per heavy atom. The van der Waals surface area contributed by atoms with Gasteiger partial charge >= 0.3 is 5.97 Å². The molecule has 0 fully saturated rings. The molecule has 3 aromatic heterocycles. The Morgan fingerprint density at radius 3 is 2.65 bits per heavy atom. The first kappa shape index (κ1) is 17.8. The van der Waals surface area contributed by atoms with E-state index in [1.807, 2.05) is 19.9 Å². The summed E-state index contributed by atoms with van der Waals surface area (Å²) in [6.45, 7) is 5.69. The third-order valence-corrected chi connectivity index (χ3v) is 4.09. The van der Waals surface area contributed by atoms with E-state index in [4.69, 9.17) is 10.5 Å². The number of nitrogen functional groups attached to an aromatic ring is 1. The summed E-state index contributed by atoms with van der Waals surface area (Å²) in [6, 6.07) is 1.88. The van der Waals surface area contributed by atoms with Crippen LogP contribution in [-0.2, 0) is 10.5 Å². The van der Waals surface area contributed by atoms with Gasteiger partial charge in [-0.1, -0.05) is 17.0 Å². The maximum absolute atomic E-state index is 12.2. The number of nitrogens with two attached hydrogens (primary N) is 1. The van der Waals surface area contributed by atoms with Crippen molar-refractivity contribution < 1.29 is 14.2 Å². The summed E-state index contributed by atoms with van der Waals surface area (Å²) in [6.07, 6.45) is 0. The lowest BCUT2D eigenvalue weighted by molar-refractivity contribution is 0.0518. The van der Waals surface area contributed by atoms with Gasteiger partial charge in [0.05, 0.1) is 12.3 Å². The van der Waals surface area contributed by atoms with Crippen molar-refractivity contribution in [1.82, 2.24) is 35.3 Å². The summed E-state index contributed by atoms with van der Waals surface area (Å²) in [5, 5.41) is 15.6. The first-order valence-corrected chi connectivity index (χ1v) is 8.63. The second-order valence-electron chi connectivity index (χ2n) is 5.21. The smallest absolute Gasteiger partial charge is 0.360 e. The fourth-order valence-electron chi connectivity index (χ4n) is 2.19. The number of rotatable bonds is 6. The molecule has 12 heteroatoms. The second-order valence-corrected chi connectivity index (χ2v) is 6.15. The number of esters is 1. The van der Waals surface area contributed by atoms with Gasteiger partial charge in [-0.05, 0) is 37.2 Å². The van der Waals surface area contributed by atoms with Gasteiger partial charge in [0.15, 0.2) is 10.9 Å². The Bertz CT molecular complexity index is 918. The van der Waals surface area contributed by atoms with Crippen LogP contribution in [0.2, 0.25) is 0 Å². The Kier molecular flexibility index (Phi) is 5.11. The number of hydrogen-bond donors (Lipinski definition) is 1. The lowest BCUT2D eigenvalue weighted by atomic mass is 10.3. The molecule has 0 spiro atoms. The van der Waals surface area contributed by atoms with Crippen molar-refractivity contribution >= 4 is 23.5 Å². The number of nitrogens with zero attached hydrogens (tertiary/aromatic N) is 7. The first-order valence-electron chi connectivity index (χ1n) is 7.64. The van der Waals surface area contributed by atoms with Crippen molar-refractivity contribution in [1.29, 1.82) is 0 Å². The summed E-state index contributed by atoms with van der Waals surface area (Å²) >= 11 is 1.32. The number of aryl methyl sites for hydroxylation is 2. The van der Waals surface area contributed by atoms with Crippen LogP contribution in [0.4, 0.5) is 5.82 Å². The van der Waals surface area contributed by atoms with E-state index in [1.54, 1.807) is 6.92 Å². The topological polar surface area (TPSA) is 148 Å². The summed E-state index contributed by atoms with van der Waals surface area (Å²) in [4.78, 5) is 20.9. The first-order chi connectivity index (χ1) is 12.5. The molecule has 0 bridgehead atoms. The number of carbonyl (C=O) groups excluding carboxylic acids is 1. The molecule has 3 heterocycles. The minimum absolute atomic E-state index is 0.0270. The molecule has 0 radical (unpaired) electrons. The molecular weight excluding hydrogens is 360 g/mol. The van der Waals surface area contributed by atoms with Crippen molar-refractivity contribution in [2.75, 3.05) is 12.3 Å². The van der Waals surface area contributed by atoms with Crippen molar-refractivity contribution in [2.24, 2.45) is 0 Å². The maximum atomic E-state index is 12.2. The molecule has 136 valence electrons. The zero-order valence-electron chi connectivity index (χ0n) is 14.3. The van der Waals surface area contributed by atoms with Gasteiger partial charge in [0, 0.05) is 17.1 Å². The molecule has 0 amide bonds. The molecule has 3 rings (SSSR count). The summed E-state index contributed by atoms with van der Waals surface area (Å²) in [7, 11) is 0. The highest BCUT2D eigenvalue weighted by atomic mass is 32.2. The third-order valence-electron chi connectivity index (χ3n) is 3.23. The van der Waals surface area contributed by atoms with Crippen LogP contribution < -0.4 is 5.73 Å². The summed E-state index contributed by atoms with van der Waals surface area (Å²) < 4.78 is 10.9. The number of ether oxygens (including phenoxy) is 1. The van der Waals surface area contributed by atoms with Crippen LogP contribution in [0.3, 0.4) is 0 Å². The van der Waals surface area contributed by atoms with E-state index in [1.165, 1.54) is 16.4 Å². The number of aromatic nitrogens is 7. The van der Waals surface area contributed by atoms with Crippen LogP contribution in [0.15, 0.2) is 15.9 Å². The van der Waals surface area contributed by atoms with E-state index < -0.39 is 5.97 Å². The van der Waals surface area contributed by atoms with Crippen molar-refractivity contribution in [2.45, 2.75) is 31.7 Å². The van der Waals surface area contributed by atoms with Gasteiger partial charge in [-0.15, -0.1) is 5.10 Å². The van der Waals surface area contributed by atoms with Gasteiger partial charge in [-0.2, -0.15) is 4.68 Å². The molecule has 0 saturated carbocycles. The number of hydrogen-bond acceptors (Lipinski definition) is 11. The number of thioether (sulfide) groups is 1. The van der Waals surface area contributed by atoms with Gasteiger partial charge in [0.2, 0.25) is 11.6 Å². The van der Waals surface area contributed by atoms with Crippen LogP contribution in [0.25, 0.3) is 5.82 Å². The largest absolute Gasteiger partial charge is 0.461 e. The molecule has 0 aliphatic rings. The van der Waals surface area contributed by atoms with E-state index in [-0.39, 0.29) is 29.7 Å². The highest BCUT2D eigenvalue weighted by Crippen LogP contribution is 2.24. The Balaban J connectivity index is 1.95. The average Bonchev–Trinajstić information content (AvgIpc) is 3.17. The van der Waals surface area contributed by atoms with Crippen LogP contribution in [-0.4, -0.2) is 47.9 Å². The van der Waals surface area contributed by atoms with E-state index in [0.29, 0.717) is 10.9 Å². The zero-order valence-corrected chi connectivity index (χ0v) is 15.1. The number of carbonyl (C=O) groups is 1. The fourth-order valence-corrected chi connectivity index (χ4v) is 3.13. The summed E-state index contributed by atoms with van der Waals surface area (Å²) in [5.74, 6) is -0.133. The van der Waals surface area contributed by atoms with E-state index in [2.05, 4.69) is 35.2 Å². The molecular formula is C14H16N8O3S. The van der Waals surface area contributed by atoms with Gasteiger partial charge in [0.25, 0.3) is 0 Å². The maximum Gasteiger partial charge on any atom is 0.360 e. The quantitative estimate of drug-likeness (QED) is 0.374. The molecule has 2 N–H and O–H groups in total. The monoisotopic (exact) mass is 376 g/mol. The molecule has 0 unspecified atom stereocenters. The predicted octanol–water partition coefficient (Wildman–Crippen LogP) is 1.11. The van der Waals surface area contributed by atoms with Crippen molar-refractivity contribution in [3.05, 3.63) is 28.8 Å². The Labute approximate surface area is 152 Å². The normalized spacial score (nSPS) is 10.9. The lowest BCUT2D eigenvalue weighted by Gasteiger charge is -2.06. The molecule has 0 atom stereocenters. The predicted molar refractivity (Wildman–Crippen MR) is 90.7 cm³/mol. The minimum Gasteiger partial charge on any atom is -0.461 e. The molecule has 26 heavy (non-hydrogen) atoms. The van der Waals surface area contributed by atoms with Crippen LogP contribution >= 0.6 is 11.8 Å². The van der Waals surface area contributed by atoms with Crippen LogP contribution in [0.1, 0.15) is 34.5 Å². The van der Waals surface area contributed by atoms with Crippen LogP contribution in [0, 0.1) is 13.8 Å². The third kappa shape index (κ3) is 3.64. The summed E-state index contributed by atoms with van der Waals surface area (Å²) in [5.41, 5.74) is 7.92. The molecule has 3 aromatic rings. The number of anilines is 1. The van der Waals surface area contributed by atoms with Gasteiger partial charge in [-0.25, -0.2) is 19.4 Å². The second kappa shape index (κ2) is 7.47. The highest BCUT2D eigenvalue weighted by molar-refractivity contribution is 7.98. The zero-order chi connectivity index (χ0) is 18.7. The molecule has 0 aliphatic carbocycles. The molecule has 11 nitrogen and oxygen atoms in total. The van der Waals surface area contributed by atoms with E-state index >= 15 is 0 Å². The van der Waals surface area contributed by atoms with Crippen molar-refractivity contribution in [3.8, 4) is 5.82 Å². The fraction of sp³-hybridized carbons (Fsp3) is 0.357. The lowest BCUT2D eigenvalue weighted by Crippen LogP contribution is -2.11. The minimum atomic E-state index is -0.592. The van der Waals surface area contributed by atoms with Gasteiger partial charge in [0.1, 0.15) is 0 Å². The Morgan fingerprint density at radius 1 is 1.31 bits per heavy atom. The SMILES string of the molecule is CCOC(=O)c1nnn(-c2nonc2N)c1CSc1nc(C)cc(C)n1. The average molecular weight is 376 g/mol. The van der Waals surface area contributed by atoms with Crippen LogP contribution in [0.5, 0.6) is 0 Å². The Hall–Kier alpha value is -3.02. The standard InChI is InChI=1S/C14H16N8O3S/c1-4-24-13(23)10-9(6-26-14-16-7(2)5-8(3)17-14)22(21-18-10)12-11(15)19-25-20-12/h5H,4,6H2,1-3H3,(H2,15,19).